The van der Waals surface area contributed by atoms with Gasteiger partial charge in [0.2, 0.25) is 5.41 Å². The standard InChI is InChI=1S/C22H31NO4/c1-7-26-20(24)22(21(25)27-8-2)18(14-23(15(3)4)16(5)6)13-17-11-9-10-12-19(17)22/h9-13,15-16H,7-8,14H2,1-6H3. The number of nitrogens with zero attached hydrogens (tertiary/aromatic N) is 1. The van der Waals surface area contributed by atoms with E-state index in [9.17, 15) is 9.59 Å². The molecular weight excluding hydrogens is 342 g/mol. The van der Waals surface area contributed by atoms with E-state index in [4.69, 9.17) is 9.47 Å². The maximum Gasteiger partial charge on any atom is 0.332 e. The number of benzene rings is 1. The first-order valence-corrected chi connectivity index (χ1v) is 9.71. The third-order valence-electron chi connectivity index (χ3n) is 5.02. The number of carbonyl (C=O) groups excluding carboxylic acids is 2. The second-order valence-electron chi connectivity index (χ2n) is 7.31. The fourth-order valence-corrected chi connectivity index (χ4v) is 3.80. The van der Waals surface area contributed by atoms with Crippen LogP contribution in [0.5, 0.6) is 0 Å². The van der Waals surface area contributed by atoms with E-state index in [1.165, 1.54) is 0 Å². The van der Waals surface area contributed by atoms with Crippen LogP contribution in [0.4, 0.5) is 0 Å². The molecule has 0 bridgehead atoms. The van der Waals surface area contributed by atoms with Gasteiger partial charge in [0.15, 0.2) is 0 Å². The van der Waals surface area contributed by atoms with Crippen molar-refractivity contribution < 1.29 is 19.1 Å². The molecule has 0 heterocycles. The monoisotopic (exact) mass is 373 g/mol. The quantitative estimate of drug-likeness (QED) is 0.515. The molecule has 27 heavy (non-hydrogen) atoms. The number of ether oxygens (including phenoxy) is 2. The molecule has 148 valence electrons. The second kappa shape index (κ2) is 8.70. The highest BCUT2D eigenvalue weighted by Crippen LogP contribution is 2.44. The maximum absolute atomic E-state index is 13.2. The second-order valence-corrected chi connectivity index (χ2v) is 7.31. The van der Waals surface area contributed by atoms with Crippen molar-refractivity contribution in [2.75, 3.05) is 19.8 Å². The van der Waals surface area contributed by atoms with Crippen molar-refractivity contribution in [3.05, 3.63) is 41.0 Å². The Morgan fingerprint density at radius 1 is 0.963 bits per heavy atom. The Labute approximate surface area is 162 Å². The van der Waals surface area contributed by atoms with Gasteiger partial charge in [-0.2, -0.15) is 0 Å². The van der Waals surface area contributed by atoms with Crippen LogP contribution < -0.4 is 0 Å². The summed E-state index contributed by atoms with van der Waals surface area (Å²) in [4.78, 5) is 28.6. The summed E-state index contributed by atoms with van der Waals surface area (Å²) < 4.78 is 10.8. The fraction of sp³-hybridized carbons (Fsp3) is 0.545. The number of fused-ring (bicyclic) bond motifs is 1. The Balaban J connectivity index is 2.64. The molecule has 1 aliphatic rings. The molecule has 1 aliphatic carbocycles. The summed E-state index contributed by atoms with van der Waals surface area (Å²) >= 11 is 0. The number of hydrogen-bond acceptors (Lipinski definition) is 5. The molecule has 5 nitrogen and oxygen atoms in total. The van der Waals surface area contributed by atoms with Gasteiger partial charge in [0.05, 0.1) is 13.2 Å². The Bertz CT molecular complexity index is 695. The zero-order valence-electron chi connectivity index (χ0n) is 17.2. The summed E-state index contributed by atoms with van der Waals surface area (Å²) in [6, 6.07) is 8.01. The lowest BCUT2D eigenvalue weighted by Crippen LogP contribution is -2.50. The Morgan fingerprint density at radius 2 is 1.48 bits per heavy atom. The Morgan fingerprint density at radius 3 is 1.96 bits per heavy atom. The smallest absolute Gasteiger partial charge is 0.332 e. The molecule has 0 atom stereocenters. The van der Waals surface area contributed by atoms with E-state index in [0.717, 1.165) is 5.56 Å². The first-order chi connectivity index (χ1) is 12.8. The summed E-state index contributed by atoms with van der Waals surface area (Å²) in [5.74, 6) is -1.13. The lowest BCUT2D eigenvalue weighted by Gasteiger charge is -2.35. The van der Waals surface area contributed by atoms with Crippen LogP contribution >= 0.6 is 0 Å². The first kappa shape index (κ1) is 21.2. The molecule has 0 saturated heterocycles. The molecule has 0 amide bonds. The zero-order chi connectivity index (χ0) is 20.2. The SMILES string of the molecule is CCOC(=O)C1(C(=O)OCC)C(CN(C(C)C)C(C)C)=Cc2ccccc21. The first-order valence-electron chi connectivity index (χ1n) is 9.71. The molecule has 1 aromatic carbocycles. The summed E-state index contributed by atoms with van der Waals surface area (Å²) in [6.45, 7) is 12.8. The normalized spacial score (nSPS) is 15.1. The summed E-state index contributed by atoms with van der Waals surface area (Å²) in [5.41, 5.74) is 0.679. The number of rotatable bonds is 8. The van der Waals surface area contributed by atoms with Crippen LogP contribution in [-0.4, -0.2) is 48.7 Å². The van der Waals surface area contributed by atoms with Crippen molar-refractivity contribution in [3.63, 3.8) is 0 Å². The Hall–Kier alpha value is -2.14. The minimum atomic E-state index is -1.54. The van der Waals surface area contributed by atoms with Crippen molar-refractivity contribution in [1.29, 1.82) is 0 Å². The molecule has 0 unspecified atom stereocenters. The molecule has 0 aliphatic heterocycles. The zero-order valence-corrected chi connectivity index (χ0v) is 17.2. The van der Waals surface area contributed by atoms with Gasteiger partial charge < -0.3 is 9.47 Å². The molecule has 1 aromatic rings. The van der Waals surface area contributed by atoms with Gasteiger partial charge >= 0.3 is 11.9 Å². The topological polar surface area (TPSA) is 55.8 Å². The van der Waals surface area contributed by atoms with Crippen LogP contribution in [0.3, 0.4) is 0 Å². The van der Waals surface area contributed by atoms with Gasteiger partial charge in [0.1, 0.15) is 0 Å². The molecule has 0 aromatic heterocycles. The molecule has 0 N–H and O–H groups in total. The van der Waals surface area contributed by atoms with Crippen molar-refractivity contribution >= 4 is 18.0 Å². The maximum atomic E-state index is 13.2. The van der Waals surface area contributed by atoms with Crippen LogP contribution in [0.25, 0.3) is 6.08 Å². The number of hydrogen-bond donors (Lipinski definition) is 0. The van der Waals surface area contributed by atoms with E-state index in [-0.39, 0.29) is 25.3 Å². The molecular formula is C22H31NO4. The predicted molar refractivity (Wildman–Crippen MR) is 106 cm³/mol. The lowest BCUT2D eigenvalue weighted by atomic mass is 9.76. The minimum absolute atomic E-state index is 0.202. The predicted octanol–water partition coefficient (Wildman–Crippen LogP) is 3.57. The van der Waals surface area contributed by atoms with Gasteiger partial charge in [-0.15, -0.1) is 0 Å². The summed E-state index contributed by atoms with van der Waals surface area (Å²) in [5, 5.41) is 0. The molecule has 5 heteroatoms. The molecule has 0 radical (unpaired) electrons. The average Bonchev–Trinajstić information content (AvgIpc) is 2.94. The van der Waals surface area contributed by atoms with Crippen molar-refractivity contribution in [3.8, 4) is 0 Å². The van der Waals surface area contributed by atoms with Crippen LogP contribution in [0, 0.1) is 0 Å². The molecule has 0 spiro atoms. The molecule has 0 saturated carbocycles. The third-order valence-corrected chi connectivity index (χ3v) is 5.02. The van der Waals surface area contributed by atoms with Gasteiger partial charge in [-0.1, -0.05) is 30.3 Å². The van der Waals surface area contributed by atoms with Gasteiger partial charge in [0.25, 0.3) is 0 Å². The van der Waals surface area contributed by atoms with E-state index in [1.54, 1.807) is 13.8 Å². The fourth-order valence-electron chi connectivity index (χ4n) is 3.80. The van der Waals surface area contributed by atoms with Crippen LogP contribution in [0.2, 0.25) is 0 Å². The van der Waals surface area contributed by atoms with E-state index in [1.807, 2.05) is 30.3 Å². The lowest BCUT2D eigenvalue weighted by molar-refractivity contribution is -0.162. The highest BCUT2D eigenvalue weighted by molar-refractivity contribution is 6.13. The van der Waals surface area contributed by atoms with Crippen molar-refractivity contribution in [2.45, 2.75) is 59.0 Å². The van der Waals surface area contributed by atoms with Crippen molar-refractivity contribution in [2.24, 2.45) is 0 Å². The molecule has 0 fully saturated rings. The third kappa shape index (κ3) is 3.79. The van der Waals surface area contributed by atoms with Crippen LogP contribution in [-0.2, 0) is 24.5 Å². The number of esters is 2. The van der Waals surface area contributed by atoms with Crippen LogP contribution in [0.15, 0.2) is 29.8 Å². The van der Waals surface area contributed by atoms with Crippen molar-refractivity contribution in [1.82, 2.24) is 4.90 Å². The van der Waals surface area contributed by atoms with Gasteiger partial charge in [-0.05, 0) is 58.2 Å². The van der Waals surface area contributed by atoms with Gasteiger partial charge in [-0.3, -0.25) is 14.5 Å². The Kier molecular flexibility index (Phi) is 6.82. The highest BCUT2D eigenvalue weighted by atomic mass is 16.6. The highest BCUT2D eigenvalue weighted by Gasteiger charge is 2.57. The van der Waals surface area contributed by atoms with Crippen LogP contribution in [0.1, 0.15) is 52.7 Å². The minimum Gasteiger partial charge on any atom is -0.465 e. The van der Waals surface area contributed by atoms with Gasteiger partial charge in [-0.25, -0.2) is 0 Å². The van der Waals surface area contributed by atoms with E-state index >= 15 is 0 Å². The average molecular weight is 373 g/mol. The summed E-state index contributed by atoms with van der Waals surface area (Å²) in [6.07, 6.45) is 1.95. The summed E-state index contributed by atoms with van der Waals surface area (Å²) in [7, 11) is 0. The van der Waals surface area contributed by atoms with E-state index in [2.05, 4.69) is 32.6 Å². The number of carbonyl (C=O) groups is 2. The van der Waals surface area contributed by atoms with E-state index < -0.39 is 17.4 Å². The van der Waals surface area contributed by atoms with Gasteiger partial charge in [0, 0.05) is 18.6 Å². The largest absolute Gasteiger partial charge is 0.465 e. The molecule has 2 rings (SSSR count). The van der Waals surface area contributed by atoms with E-state index in [0.29, 0.717) is 17.7 Å².